The normalized spacial score (nSPS) is 20.4. The molecule has 0 amide bonds. The molecule has 0 aliphatic carbocycles. The zero-order valence-electron chi connectivity index (χ0n) is 3.33. The first-order valence-corrected chi connectivity index (χ1v) is 1.63. The van der Waals surface area contributed by atoms with Gasteiger partial charge in [0, 0.05) is 0 Å². The van der Waals surface area contributed by atoms with Crippen LogP contribution in [0.25, 0.3) is 0 Å². The summed E-state index contributed by atoms with van der Waals surface area (Å²) in [4.78, 5) is 0. The van der Waals surface area contributed by atoms with Gasteiger partial charge in [0.2, 0.25) is 0 Å². The van der Waals surface area contributed by atoms with Crippen molar-refractivity contribution >= 4 is 22.8 Å². The van der Waals surface area contributed by atoms with Gasteiger partial charge < -0.3 is 13.7 Å². The average Bonchev–Trinajstić information content (AvgIpc) is 1.69. The van der Waals surface area contributed by atoms with Gasteiger partial charge in [-0.05, 0) is 0 Å². The Balaban J connectivity index is 2.12. The van der Waals surface area contributed by atoms with Crippen LogP contribution in [0.1, 0.15) is 0 Å². The van der Waals surface area contributed by atoms with Crippen molar-refractivity contribution in [3.63, 3.8) is 0 Å². The molecule has 1 heterocycles. The molecule has 1 rings (SSSR count). The third kappa shape index (κ3) is 1.50. The lowest BCUT2D eigenvalue weighted by Gasteiger charge is -2.09. The fourth-order valence-corrected chi connectivity index (χ4v) is 0.206. The van der Waals surface area contributed by atoms with Crippen LogP contribution in [0.3, 0.4) is 0 Å². The smallest absolute Gasteiger partial charge is 0.457 e. The van der Waals surface area contributed by atoms with Crippen LogP contribution in [0.15, 0.2) is 0 Å². The lowest BCUT2D eigenvalue weighted by atomic mass is 10.1. The lowest BCUT2D eigenvalue weighted by molar-refractivity contribution is 0.283. The van der Waals surface area contributed by atoms with Crippen LogP contribution in [0.5, 0.6) is 0 Å². The highest BCUT2D eigenvalue weighted by molar-refractivity contribution is 6.56. The topological polar surface area (TPSA) is 27.7 Å². The monoisotopic (exact) mass is 100 g/mol. The maximum Gasteiger partial charge on any atom is 0.651 e. The van der Waals surface area contributed by atoms with Crippen LogP contribution >= 0.6 is 0 Å². The van der Waals surface area contributed by atoms with Crippen molar-refractivity contribution in [1.82, 2.24) is 0 Å². The van der Waals surface area contributed by atoms with Gasteiger partial charge in [0.25, 0.3) is 0 Å². The summed E-state index contributed by atoms with van der Waals surface area (Å²) in [6.45, 7) is 0. The van der Waals surface area contributed by atoms with Gasteiger partial charge in [0.15, 0.2) is 0 Å². The summed E-state index contributed by atoms with van der Waals surface area (Å²) in [5, 5.41) is 0. The van der Waals surface area contributed by atoms with E-state index in [-0.39, 0.29) is 0 Å². The Labute approximate surface area is 41.9 Å². The minimum Gasteiger partial charge on any atom is -0.457 e. The molecule has 1 aliphatic rings. The van der Waals surface area contributed by atoms with E-state index in [4.69, 9.17) is 0 Å². The van der Waals surface area contributed by atoms with Crippen LogP contribution < -0.4 is 0 Å². The SMILES string of the molecule is FB1O[B]O[B]O1. The van der Waals surface area contributed by atoms with Crippen molar-refractivity contribution in [1.29, 1.82) is 0 Å². The van der Waals surface area contributed by atoms with Gasteiger partial charge in [-0.3, -0.25) is 4.32 Å². The number of hydrogen-bond donors (Lipinski definition) is 0. The molecule has 7 heavy (non-hydrogen) atoms. The molecular formula is B3FO3. The van der Waals surface area contributed by atoms with E-state index in [9.17, 15) is 4.32 Å². The molecule has 2 radical (unpaired) electrons. The highest BCUT2D eigenvalue weighted by Crippen LogP contribution is 1.93. The van der Waals surface area contributed by atoms with E-state index in [2.05, 4.69) is 13.7 Å². The molecule has 0 spiro atoms. The summed E-state index contributed by atoms with van der Waals surface area (Å²) in [5.41, 5.74) is 0. The predicted molar refractivity (Wildman–Crippen MR) is 21.6 cm³/mol. The van der Waals surface area contributed by atoms with E-state index >= 15 is 0 Å². The Kier molecular flexibility index (Phi) is 1.73. The van der Waals surface area contributed by atoms with Gasteiger partial charge in [-0.15, -0.1) is 0 Å². The Hall–Kier alpha value is 0.00481. The highest BCUT2D eigenvalue weighted by Gasteiger charge is 2.24. The molecule has 0 aromatic carbocycles. The first kappa shape index (κ1) is 5.15. The second kappa shape index (κ2) is 2.35. The Bertz CT molecular complexity index is 52.1. The second-order valence-electron chi connectivity index (χ2n) is 0.875. The average molecular weight is 99.4 g/mol. The zero-order valence-corrected chi connectivity index (χ0v) is 3.33. The Morgan fingerprint density at radius 1 is 1.29 bits per heavy atom. The van der Waals surface area contributed by atoms with Crippen molar-refractivity contribution in [3.8, 4) is 0 Å². The van der Waals surface area contributed by atoms with E-state index in [0.717, 1.165) is 15.4 Å². The molecule has 7 heteroatoms. The first-order chi connectivity index (χ1) is 3.39. The van der Waals surface area contributed by atoms with E-state index in [0.29, 0.717) is 0 Å². The zero-order chi connectivity index (χ0) is 5.11. The van der Waals surface area contributed by atoms with Gasteiger partial charge in [-0.1, -0.05) is 0 Å². The molecule has 0 aromatic rings. The van der Waals surface area contributed by atoms with Crippen LogP contribution in [-0.4, -0.2) is 22.8 Å². The van der Waals surface area contributed by atoms with E-state index in [1.807, 2.05) is 0 Å². The van der Waals surface area contributed by atoms with Crippen LogP contribution in [0.2, 0.25) is 0 Å². The molecular weight excluding hydrogens is 99.4 g/mol. The van der Waals surface area contributed by atoms with Gasteiger partial charge in [0.1, 0.15) is 0 Å². The fourth-order valence-electron chi connectivity index (χ4n) is 0.206. The molecule has 1 aliphatic heterocycles. The molecule has 0 bridgehead atoms. The maximum atomic E-state index is 11.6. The van der Waals surface area contributed by atoms with Gasteiger partial charge in [-0.25, -0.2) is 0 Å². The van der Waals surface area contributed by atoms with Crippen molar-refractivity contribution in [3.05, 3.63) is 0 Å². The van der Waals surface area contributed by atoms with Crippen molar-refractivity contribution in [2.24, 2.45) is 0 Å². The van der Waals surface area contributed by atoms with Gasteiger partial charge in [-0.2, -0.15) is 0 Å². The molecule has 0 N–H and O–H groups in total. The summed E-state index contributed by atoms with van der Waals surface area (Å²) >= 11 is 0. The van der Waals surface area contributed by atoms with Crippen LogP contribution in [-0.2, 0) is 13.7 Å². The fraction of sp³-hybridized carbons (Fsp3) is 0. The predicted octanol–water partition coefficient (Wildman–Crippen LogP) is -0.927. The van der Waals surface area contributed by atoms with E-state index < -0.39 is 7.40 Å². The molecule has 0 unspecified atom stereocenters. The number of rotatable bonds is 0. The first-order valence-electron chi connectivity index (χ1n) is 1.63. The highest BCUT2D eigenvalue weighted by atomic mass is 19.1. The molecule has 1 fully saturated rings. The minimum absolute atomic E-state index is 0.855. The maximum absolute atomic E-state index is 11.6. The van der Waals surface area contributed by atoms with Crippen molar-refractivity contribution < 1.29 is 18.0 Å². The standard InChI is InChI=1S/B3FO3/c4-3-6-1-5-2-7-3. The van der Waals surface area contributed by atoms with Crippen LogP contribution in [0, 0.1) is 0 Å². The molecule has 0 aromatic heterocycles. The van der Waals surface area contributed by atoms with Gasteiger partial charge >= 0.3 is 22.8 Å². The summed E-state index contributed by atoms with van der Waals surface area (Å²) in [7, 11) is 0.0104. The molecule has 0 saturated carbocycles. The third-order valence-electron chi connectivity index (χ3n) is 0.436. The number of hydrogen-bond acceptors (Lipinski definition) is 3. The summed E-state index contributed by atoms with van der Waals surface area (Å²) in [6.07, 6.45) is 0. The summed E-state index contributed by atoms with van der Waals surface area (Å²) in [6, 6.07) is 0. The quantitative estimate of drug-likeness (QED) is 0.367. The molecule has 34 valence electrons. The van der Waals surface area contributed by atoms with Crippen LogP contribution in [0.4, 0.5) is 4.32 Å². The second-order valence-corrected chi connectivity index (χ2v) is 0.875. The van der Waals surface area contributed by atoms with Crippen molar-refractivity contribution in [2.75, 3.05) is 0 Å². The summed E-state index contributed by atoms with van der Waals surface area (Å²) in [5.74, 6) is 0. The summed E-state index contributed by atoms with van der Waals surface area (Å²) < 4.78 is 23.8. The van der Waals surface area contributed by atoms with Crippen molar-refractivity contribution in [2.45, 2.75) is 0 Å². The molecule has 1 saturated heterocycles. The van der Waals surface area contributed by atoms with E-state index in [1.165, 1.54) is 0 Å². The third-order valence-corrected chi connectivity index (χ3v) is 0.436. The minimum atomic E-state index is -1.70. The Morgan fingerprint density at radius 3 is 2.14 bits per heavy atom. The largest absolute Gasteiger partial charge is 0.651 e. The Morgan fingerprint density at radius 2 is 1.86 bits per heavy atom. The van der Waals surface area contributed by atoms with E-state index in [1.54, 1.807) is 0 Å². The number of halogens is 1. The van der Waals surface area contributed by atoms with Gasteiger partial charge in [0.05, 0.1) is 0 Å². The lowest BCUT2D eigenvalue weighted by Crippen LogP contribution is -2.31. The molecule has 0 atom stereocenters. The molecule has 3 nitrogen and oxygen atoms in total.